The number of thioether (sulfide) groups is 1. The van der Waals surface area contributed by atoms with E-state index in [1.54, 1.807) is 6.92 Å². The molecule has 3 nitrogen and oxygen atoms in total. The molecule has 0 radical (unpaired) electrons. The molecule has 0 bridgehead atoms. The molecule has 0 saturated carbocycles. The number of halogens is 4. The average Bonchev–Trinajstić information content (AvgIpc) is 2.49. The number of carbonyl (C=O) groups is 1. The summed E-state index contributed by atoms with van der Waals surface area (Å²) in [5.41, 5.74) is -1.12. The average molecular weight is 361 g/mol. The molecule has 2 rings (SSSR count). The fourth-order valence-corrected chi connectivity index (χ4v) is 2.75. The van der Waals surface area contributed by atoms with Gasteiger partial charge in [0, 0.05) is 16.9 Å². The Hall–Kier alpha value is -1.73. The second-order valence-electron chi connectivity index (χ2n) is 4.43. The summed E-state index contributed by atoms with van der Waals surface area (Å²) in [7, 11) is 0. The van der Waals surface area contributed by atoms with Crippen molar-refractivity contribution in [3.8, 4) is 0 Å². The minimum Gasteiger partial charge on any atom is -0.322 e. The van der Waals surface area contributed by atoms with E-state index in [0.29, 0.717) is 16.5 Å². The number of pyridine rings is 1. The molecule has 0 aliphatic rings. The van der Waals surface area contributed by atoms with E-state index in [1.807, 2.05) is 0 Å². The molecule has 0 aliphatic heterocycles. The van der Waals surface area contributed by atoms with Crippen LogP contribution in [0.4, 0.5) is 18.9 Å². The maximum absolute atomic E-state index is 13.2. The highest BCUT2D eigenvalue weighted by atomic mass is 35.5. The molecular weight excluding hydrogens is 349 g/mol. The number of benzene rings is 1. The van der Waals surface area contributed by atoms with Crippen LogP contribution in [0.2, 0.25) is 5.02 Å². The van der Waals surface area contributed by atoms with Crippen LogP contribution in [0.3, 0.4) is 0 Å². The normalized spacial score (nSPS) is 11.3. The Kier molecular flexibility index (Phi) is 5.54. The first kappa shape index (κ1) is 17.6. The zero-order valence-electron chi connectivity index (χ0n) is 11.9. The minimum absolute atomic E-state index is 0.0498. The molecule has 0 spiro atoms. The molecule has 0 atom stereocenters. The summed E-state index contributed by atoms with van der Waals surface area (Å²) in [5.74, 6) is -0.362. The first-order valence-corrected chi connectivity index (χ1v) is 7.95. The van der Waals surface area contributed by atoms with Gasteiger partial charge >= 0.3 is 6.18 Å². The topological polar surface area (TPSA) is 42.0 Å². The summed E-state index contributed by atoms with van der Waals surface area (Å²) >= 11 is 6.82. The largest absolute Gasteiger partial charge is 0.417 e. The van der Waals surface area contributed by atoms with Crippen LogP contribution in [0.15, 0.2) is 41.6 Å². The number of carbonyl (C=O) groups excluding carboxylic acids is 1. The lowest BCUT2D eigenvalue weighted by Crippen LogP contribution is -2.20. The summed E-state index contributed by atoms with van der Waals surface area (Å²) in [6, 6.07) is 6.89. The molecule has 0 aliphatic carbocycles. The zero-order chi connectivity index (χ0) is 17.0. The van der Waals surface area contributed by atoms with Crippen molar-refractivity contribution in [3.05, 3.63) is 52.7 Å². The van der Waals surface area contributed by atoms with E-state index in [-0.39, 0.29) is 5.03 Å². The fraction of sp³-hybridized carbons (Fsp3) is 0.200. The monoisotopic (exact) mass is 360 g/mol. The van der Waals surface area contributed by atoms with Gasteiger partial charge in [-0.15, -0.1) is 11.8 Å². The Bertz CT molecular complexity index is 705. The predicted molar refractivity (Wildman–Crippen MR) is 85.0 cm³/mol. The van der Waals surface area contributed by atoms with Gasteiger partial charge in [0.15, 0.2) is 0 Å². The van der Waals surface area contributed by atoms with Gasteiger partial charge in [0.2, 0.25) is 0 Å². The van der Waals surface area contributed by atoms with Crippen LogP contribution in [0, 0.1) is 0 Å². The number of hydrogen-bond acceptors (Lipinski definition) is 3. The minimum atomic E-state index is -4.64. The van der Waals surface area contributed by atoms with Crippen molar-refractivity contribution in [2.24, 2.45) is 0 Å². The van der Waals surface area contributed by atoms with Crippen LogP contribution in [0.5, 0.6) is 0 Å². The number of anilines is 1. The molecule has 122 valence electrons. The highest BCUT2D eigenvalue weighted by Crippen LogP contribution is 2.35. The zero-order valence-corrected chi connectivity index (χ0v) is 13.5. The summed E-state index contributed by atoms with van der Waals surface area (Å²) in [6.07, 6.45) is -3.58. The summed E-state index contributed by atoms with van der Waals surface area (Å²) in [6.45, 7) is 1.77. The van der Waals surface area contributed by atoms with E-state index in [9.17, 15) is 18.0 Å². The van der Waals surface area contributed by atoms with E-state index >= 15 is 0 Å². The summed E-state index contributed by atoms with van der Waals surface area (Å²) < 4.78 is 39.6. The molecule has 8 heteroatoms. The molecule has 0 saturated heterocycles. The fourth-order valence-electron chi connectivity index (χ4n) is 1.87. The van der Waals surface area contributed by atoms with Crippen molar-refractivity contribution in [1.82, 2.24) is 4.98 Å². The lowest BCUT2D eigenvalue weighted by atomic mass is 10.1. The van der Waals surface area contributed by atoms with Crippen molar-refractivity contribution in [1.29, 1.82) is 0 Å². The molecule has 2 aromatic rings. The van der Waals surface area contributed by atoms with E-state index in [2.05, 4.69) is 10.3 Å². The summed E-state index contributed by atoms with van der Waals surface area (Å²) in [4.78, 5) is 16.3. The second kappa shape index (κ2) is 7.23. The van der Waals surface area contributed by atoms with E-state index in [0.717, 1.165) is 24.0 Å². The van der Waals surface area contributed by atoms with Crippen LogP contribution in [-0.4, -0.2) is 16.6 Å². The van der Waals surface area contributed by atoms with Gasteiger partial charge in [-0.1, -0.05) is 18.5 Å². The highest BCUT2D eigenvalue weighted by molar-refractivity contribution is 7.99. The van der Waals surface area contributed by atoms with Crippen LogP contribution in [0.25, 0.3) is 0 Å². The third-order valence-corrected chi connectivity index (χ3v) is 3.96. The number of hydrogen-bond donors (Lipinski definition) is 1. The number of nitrogens with one attached hydrogen (secondary N) is 1. The standard InChI is InChI=1S/C15H12ClF3N2OS/c1-2-23-14-12(11(7-8-20-14)15(17,18)19)13(22)21-10-5-3-9(16)4-6-10/h3-8H,2H2,1H3,(H,21,22). The molecule has 1 amide bonds. The predicted octanol–water partition coefficient (Wildman–Crippen LogP) is 5.12. The number of amides is 1. The van der Waals surface area contributed by atoms with Gasteiger partial charge in [0.25, 0.3) is 5.91 Å². The van der Waals surface area contributed by atoms with Crippen LogP contribution >= 0.6 is 23.4 Å². The maximum atomic E-state index is 13.2. The number of alkyl halides is 3. The van der Waals surface area contributed by atoms with Crippen molar-refractivity contribution >= 4 is 35.0 Å². The Morgan fingerprint density at radius 3 is 2.48 bits per heavy atom. The van der Waals surface area contributed by atoms with Gasteiger partial charge in [-0.2, -0.15) is 13.2 Å². The SMILES string of the molecule is CCSc1nccc(C(F)(F)F)c1C(=O)Nc1ccc(Cl)cc1. The Balaban J connectivity index is 2.42. The quantitative estimate of drug-likeness (QED) is 0.769. The first-order valence-electron chi connectivity index (χ1n) is 6.59. The Morgan fingerprint density at radius 2 is 1.91 bits per heavy atom. The lowest BCUT2D eigenvalue weighted by Gasteiger charge is -2.15. The molecule has 23 heavy (non-hydrogen) atoms. The van der Waals surface area contributed by atoms with Gasteiger partial charge in [-0.3, -0.25) is 4.79 Å². The molecule has 1 heterocycles. The maximum Gasteiger partial charge on any atom is 0.417 e. The van der Waals surface area contributed by atoms with E-state index in [4.69, 9.17) is 11.6 Å². The highest BCUT2D eigenvalue weighted by Gasteiger charge is 2.37. The van der Waals surface area contributed by atoms with Gasteiger partial charge in [-0.25, -0.2) is 4.98 Å². The third kappa shape index (κ3) is 4.39. The third-order valence-electron chi connectivity index (χ3n) is 2.83. The first-order chi connectivity index (χ1) is 10.8. The Labute approximate surface area is 140 Å². The van der Waals surface area contributed by atoms with Gasteiger partial charge < -0.3 is 5.32 Å². The Morgan fingerprint density at radius 1 is 1.26 bits per heavy atom. The number of nitrogens with zero attached hydrogens (tertiary/aromatic N) is 1. The van der Waals surface area contributed by atoms with Gasteiger partial charge in [-0.05, 0) is 36.1 Å². The van der Waals surface area contributed by atoms with Crippen LogP contribution in [0.1, 0.15) is 22.8 Å². The molecule has 1 aromatic heterocycles. The van der Waals surface area contributed by atoms with Crippen molar-refractivity contribution in [3.63, 3.8) is 0 Å². The van der Waals surface area contributed by atoms with Gasteiger partial charge in [0.1, 0.15) is 5.03 Å². The molecule has 1 N–H and O–H groups in total. The smallest absolute Gasteiger partial charge is 0.322 e. The van der Waals surface area contributed by atoms with E-state index < -0.39 is 23.2 Å². The van der Waals surface area contributed by atoms with Gasteiger partial charge in [0.05, 0.1) is 11.1 Å². The number of rotatable bonds is 4. The van der Waals surface area contributed by atoms with Crippen LogP contribution in [-0.2, 0) is 6.18 Å². The van der Waals surface area contributed by atoms with Crippen LogP contribution < -0.4 is 5.32 Å². The molecular formula is C15H12ClF3N2OS. The number of aromatic nitrogens is 1. The van der Waals surface area contributed by atoms with E-state index in [1.165, 1.54) is 24.3 Å². The molecule has 0 unspecified atom stereocenters. The van der Waals surface area contributed by atoms with Crippen molar-refractivity contribution in [2.75, 3.05) is 11.1 Å². The van der Waals surface area contributed by atoms with Crippen molar-refractivity contribution < 1.29 is 18.0 Å². The lowest BCUT2D eigenvalue weighted by molar-refractivity contribution is -0.138. The van der Waals surface area contributed by atoms with Crippen molar-refractivity contribution in [2.45, 2.75) is 18.1 Å². The second-order valence-corrected chi connectivity index (χ2v) is 6.12. The molecule has 0 fully saturated rings. The molecule has 1 aromatic carbocycles. The summed E-state index contributed by atoms with van der Waals surface area (Å²) in [5, 5.41) is 2.96.